The first-order valence-electron chi connectivity index (χ1n) is 7.56. The van der Waals surface area contributed by atoms with Crippen LogP contribution in [0.25, 0.3) is 5.57 Å². The first-order valence-corrected chi connectivity index (χ1v) is 7.56. The van der Waals surface area contributed by atoms with Gasteiger partial charge in [0.05, 0.1) is 0 Å². The molecule has 0 amide bonds. The van der Waals surface area contributed by atoms with E-state index in [0.29, 0.717) is 5.41 Å². The van der Waals surface area contributed by atoms with Crippen LogP contribution in [0.15, 0.2) is 54.1 Å². The quantitative estimate of drug-likeness (QED) is 0.685. The van der Waals surface area contributed by atoms with Crippen molar-refractivity contribution in [2.75, 3.05) is 0 Å². The van der Waals surface area contributed by atoms with E-state index < -0.39 is 0 Å². The van der Waals surface area contributed by atoms with Gasteiger partial charge in [-0.15, -0.1) is 0 Å². The van der Waals surface area contributed by atoms with Crippen LogP contribution in [-0.4, -0.2) is 0 Å². The Kier molecular flexibility index (Phi) is 2.51. The first kappa shape index (κ1) is 11.3. The van der Waals surface area contributed by atoms with E-state index in [4.69, 9.17) is 0 Å². The molecule has 1 aromatic carbocycles. The molecule has 0 nitrogen and oxygen atoms in total. The van der Waals surface area contributed by atoms with E-state index in [9.17, 15) is 0 Å². The summed E-state index contributed by atoms with van der Waals surface area (Å²) in [6, 6.07) is 8.99. The van der Waals surface area contributed by atoms with Crippen molar-refractivity contribution < 1.29 is 0 Å². The molecule has 3 aliphatic rings. The van der Waals surface area contributed by atoms with Gasteiger partial charge in [-0.3, -0.25) is 0 Å². The predicted molar refractivity (Wildman–Crippen MR) is 80.9 cm³/mol. The molecule has 0 heterocycles. The molecule has 0 N–H and O–H groups in total. The largest absolute Gasteiger partial charge is 0.0804 e. The van der Waals surface area contributed by atoms with Gasteiger partial charge in [0.1, 0.15) is 0 Å². The number of benzene rings is 1. The molecule has 0 saturated heterocycles. The summed E-state index contributed by atoms with van der Waals surface area (Å²) in [5.41, 5.74) is 6.59. The van der Waals surface area contributed by atoms with E-state index >= 15 is 0 Å². The van der Waals surface area contributed by atoms with Gasteiger partial charge >= 0.3 is 0 Å². The van der Waals surface area contributed by atoms with Gasteiger partial charge in [-0.2, -0.15) is 0 Å². The van der Waals surface area contributed by atoms with Crippen molar-refractivity contribution >= 4 is 5.57 Å². The van der Waals surface area contributed by atoms with E-state index in [0.717, 1.165) is 12.8 Å². The van der Waals surface area contributed by atoms with Gasteiger partial charge in [-0.1, -0.05) is 61.4 Å². The van der Waals surface area contributed by atoms with Crippen LogP contribution < -0.4 is 0 Å². The molecular formula is C19H20. The second-order valence-electron chi connectivity index (χ2n) is 6.07. The minimum absolute atomic E-state index is 0.333. The molecule has 0 aromatic heterocycles. The van der Waals surface area contributed by atoms with E-state index in [-0.39, 0.29) is 0 Å². The molecule has 4 rings (SSSR count). The highest BCUT2D eigenvalue weighted by molar-refractivity contribution is 5.80. The molecule has 0 spiro atoms. The van der Waals surface area contributed by atoms with Crippen LogP contribution in [0.2, 0.25) is 0 Å². The van der Waals surface area contributed by atoms with E-state index in [1.54, 1.807) is 11.1 Å². The van der Waals surface area contributed by atoms with Crippen LogP contribution in [0.1, 0.15) is 43.2 Å². The van der Waals surface area contributed by atoms with Gasteiger partial charge in [0, 0.05) is 5.41 Å². The van der Waals surface area contributed by atoms with Crippen LogP contribution in [0.3, 0.4) is 0 Å². The molecule has 19 heavy (non-hydrogen) atoms. The second-order valence-corrected chi connectivity index (χ2v) is 6.07. The summed E-state index contributed by atoms with van der Waals surface area (Å²) in [5.74, 6) is 0. The summed E-state index contributed by atoms with van der Waals surface area (Å²) in [5, 5.41) is 0. The normalized spacial score (nSPS) is 23.4. The third-order valence-corrected chi connectivity index (χ3v) is 5.13. The van der Waals surface area contributed by atoms with Crippen LogP contribution in [0.5, 0.6) is 0 Å². The summed E-state index contributed by atoms with van der Waals surface area (Å²) in [4.78, 5) is 0. The van der Waals surface area contributed by atoms with Gasteiger partial charge in [-0.25, -0.2) is 0 Å². The summed E-state index contributed by atoms with van der Waals surface area (Å²) in [7, 11) is 0. The lowest BCUT2D eigenvalue weighted by Gasteiger charge is -2.32. The van der Waals surface area contributed by atoms with Crippen LogP contribution in [-0.2, 0) is 6.42 Å². The maximum Gasteiger partial charge on any atom is 0.0202 e. The monoisotopic (exact) mass is 248 g/mol. The van der Waals surface area contributed by atoms with Gasteiger partial charge in [0.15, 0.2) is 0 Å². The van der Waals surface area contributed by atoms with Gasteiger partial charge in [0.25, 0.3) is 0 Å². The average molecular weight is 248 g/mol. The standard InChI is InChI=1S/C19H20/c1-4-10-17-15(7-1)11-12-18(17)19(13-5-6-14-19)16-8-2-3-9-16/h1-2,4,7-10,12H,3,5-6,11,13-14H2. The molecule has 3 aliphatic carbocycles. The summed E-state index contributed by atoms with van der Waals surface area (Å²) in [6.45, 7) is 0. The Labute approximate surface area is 115 Å². The molecule has 1 saturated carbocycles. The molecule has 0 radical (unpaired) electrons. The summed E-state index contributed by atoms with van der Waals surface area (Å²) >= 11 is 0. The highest BCUT2D eigenvalue weighted by Crippen LogP contribution is 2.56. The smallest absolute Gasteiger partial charge is 0.0202 e. The van der Waals surface area contributed by atoms with Gasteiger partial charge in [0.2, 0.25) is 0 Å². The molecule has 0 atom stereocenters. The third kappa shape index (κ3) is 1.59. The molecule has 1 fully saturated rings. The Balaban J connectivity index is 1.84. The molecule has 0 unspecified atom stereocenters. The third-order valence-electron chi connectivity index (χ3n) is 5.13. The molecule has 1 aromatic rings. The lowest BCUT2D eigenvalue weighted by atomic mass is 9.71. The molecule has 0 heteroatoms. The maximum atomic E-state index is 2.50. The van der Waals surface area contributed by atoms with E-state index in [1.165, 1.54) is 36.8 Å². The van der Waals surface area contributed by atoms with E-state index in [1.807, 2.05) is 0 Å². The van der Waals surface area contributed by atoms with Crippen molar-refractivity contribution in [2.24, 2.45) is 5.41 Å². The highest BCUT2D eigenvalue weighted by Gasteiger charge is 2.42. The fraction of sp³-hybridized carbons (Fsp3) is 0.368. The zero-order chi connectivity index (χ0) is 12.7. The highest BCUT2D eigenvalue weighted by atomic mass is 14.5. The SMILES string of the molecule is C1=CC(C2(C3=CCc4ccccc43)CCCC2)=CC1. The van der Waals surface area contributed by atoms with Crippen molar-refractivity contribution in [1.82, 2.24) is 0 Å². The van der Waals surface area contributed by atoms with Crippen LogP contribution in [0.4, 0.5) is 0 Å². The van der Waals surface area contributed by atoms with Crippen molar-refractivity contribution in [2.45, 2.75) is 38.5 Å². The van der Waals surface area contributed by atoms with Crippen molar-refractivity contribution in [3.8, 4) is 0 Å². The lowest BCUT2D eigenvalue weighted by Crippen LogP contribution is -2.19. The number of fused-ring (bicyclic) bond motifs is 1. The summed E-state index contributed by atoms with van der Waals surface area (Å²) in [6.07, 6.45) is 17.3. The van der Waals surface area contributed by atoms with Crippen LogP contribution in [0, 0.1) is 5.41 Å². The van der Waals surface area contributed by atoms with E-state index in [2.05, 4.69) is 48.6 Å². The number of hydrogen-bond acceptors (Lipinski definition) is 0. The summed E-state index contributed by atoms with van der Waals surface area (Å²) < 4.78 is 0. The van der Waals surface area contributed by atoms with Crippen molar-refractivity contribution in [3.63, 3.8) is 0 Å². The molecule has 0 aliphatic heterocycles. The number of allylic oxidation sites excluding steroid dienone is 6. The first-order chi connectivity index (χ1) is 9.40. The predicted octanol–water partition coefficient (Wildman–Crippen LogP) is 5.07. The lowest BCUT2D eigenvalue weighted by molar-refractivity contribution is 0.512. The molecule has 0 bridgehead atoms. The Morgan fingerprint density at radius 3 is 2.58 bits per heavy atom. The maximum absolute atomic E-state index is 2.50. The van der Waals surface area contributed by atoms with Gasteiger partial charge in [-0.05, 0) is 48.0 Å². The second kappa shape index (κ2) is 4.23. The van der Waals surface area contributed by atoms with Crippen molar-refractivity contribution in [3.05, 3.63) is 65.3 Å². The fourth-order valence-corrected chi connectivity index (χ4v) is 4.24. The molecular weight excluding hydrogens is 228 g/mol. The van der Waals surface area contributed by atoms with Gasteiger partial charge < -0.3 is 0 Å². The van der Waals surface area contributed by atoms with Crippen LogP contribution >= 0.6 is 0 Å². The Hall–Kier alpha value is -1.56. The topological polar surface area (TPSA) is 0 Å². The average Bonchev–Trinajstić information content (AvgIpc) is 3.18. The number of rotatable bonds is 2. The number of hydrogen-bond donors (Lipinski definition) is 0. The zero-order valence-electron chi connectivity index (χ0n) is 11.4. The fourth-order valence-electron chi connectivity index (χ4n) is 4.24. The Morgan fingerprint density at radius 1 is 0.947 bits per heavy atom. The molecule has 96 valence electrons. The van der Waals surface area contributed by atoms with Crippen molar-refractivity contribution in [1.29, 1.82) is 0 Å². The minimum Gasteiger partial charge on any atom is -0.0804 e. The Bertz CT molecular complexity index is 592. The zero-order valence-corrected chi connectivity index (χ0v) is 11.4. The Morgan fingerprint density at radius 2 is 1.79 bits per heavy atom. The minimum atomic E-state index is 0.333.